The van der Waals surface area contributed by atoms with E-state index < -0.39 is 11.3 Å². The SMILES string of the molecule is CC(C)(C#N)C=CC(Cc1ccc(F)cc1)C(=O)Nc1cccc2cccnc12. The number of fused-ring (bicyclic) bond motifs is 1. The second kappa shape index (κ2) is 8.66. The molecule has 1 N–H and O–H groups in total. The van der Waals surface area contributed by atoms with Crippen LogP contribution < -0.4 is 5.32 Å². The van der Waals surface area contributed by atoms with Crippen LogP contribution in [0.25, 0.3) is 10.9 Å². The highest BCUT2D eigenvalue weighted by Gasteiger charge is 2.20. The van der Waals surface area contributed by atoms with Crippen molar-refractivity contribution in [3.05, 3.63) is 84.3 Å². The minimum Gasteiger partial charge on any atom is -0.324 e. The van der Waals surface area contributed by atoms with Gasteiger partial charge in [-0.05, 0) is 50.1 Å². The summed E-state index contributed by atoms with van der Waals surface area (Å²) in [5.41, 5.74) is 1.49. The molecule has 0 radical (unpaired) electrons. The summed E-state index contributed by atoms with van der Waals surface area (Å²) in [5.74, 6) is -1.05. The van der Waals surface area contributed by atoms with Gasteiger partial charge in [0.2, 0.25) is 5.91 Å². The van der Waals surface area contributed by atoms with E-state index in [1.807, 2.05) is 30.3 Å². The first-order valence-corrected chi connectivity index (χ1v) is 9.38. The van der Waals surface area contributed by atoms with E-state index in [4.69, 9.17) is 0 Å². The van der Waals surface area contributed by atoms with Crippen molar-refractivity contribution >= 4 is 22.5 Å². The van der Waals surface area contributed by atoms with Crippen LogP contribution in [0.5, 0.6) is 0 Å². The summed E-state index contributed by atoms with van der Waals surface area (Å²) in [4.78, 5) is 17.5. The molecule has 0 spiro atoms. The molecule has 0 fully saturated rings. The van der Waals surface area contributed by atoms with Gasteiger partial charge in [-0.3, -0.25) is 9.78 Å². The normalized spacial score (nSPS) is 12.6. The Balaban J connectivity index is 1.88. The molecule has 0 aliphatic carbocycles. The highest BCUT2D eigenvalue weighted by atomic mass is 19.1. The summed E-state index contributed by atoms with van der Waals surface area (Å²) in [6.45, 7) is 3.57. The summed E-state index contributed by atoms with van der Waals surface area (Å²) in [5, 5.41) is 13.2. The molecule has 0 saturated carbocycles. The molecular weight excluding hydrogens is 365 g/mol. The van der Waals surface area contributed by atoms with E-state index in [1.54, 1.807) is 44.3 Å². The van der Waals surface area contributed by atoms with Crippen LogP contribution in [0.3, 0.4) is 0 Å². The molecule has 5 heteroatoms. The predicted molar refractivity (Wildman–Crippen MR) is 113 cm³/mol. The second-order valence-corrected chi connectivity index (χ2v) is 7.50. The highest BCUT2D eigenvalue weighted by molar-refractivity contribution is 6.01. The number of carbonyl (C=O) groups is 1. The zero-order valence-electron chi connectivity index (χ0n) is 16.4. The zero-order valence-corrected chi connectivity index (χ0v) is 16.4. The maximum atomic E-state index is 13.2. The Labute approximate surface area is 169 Å². The third-order valence-electron chi connectivity index (χ3n) is 4.63. The number of hydrogen-bond acceptors (Lipinski definition) is 3. The lowest BCUT2D eigenvalue weighted by atomic mass is 9.90. The van der Waals surface area contributed by atoms with Gasteiger partial charge in [-0.2, -0.15) is 5.26 Å². The number of hydrogen-bond donors (Lipinski definition) is 1. The molecule has 0 aliphatic heterocycles. The van der Waals surface area contributed by atoms with Crippen LogP contribution in [0.2, 0.25) is 0 Å². The van der Waals surface area contributed by atoms with E-state index in [0.29, 0.717) is 17.6 Å². The van der Waals surface area contributed by atoms with Crippen molar-refractivity contribution in [2.24, 2.45) is 11.3 Å². The van der Waals surface area contributed by atoms with Crippen molar-refractivity contribution in [3.63, 3.8) is 0 Å². The van der Waals surface area contributed by atoms with Crippen molar-refractivity contribution in [1.29, 1.82) is 5.26 Å². The number of carbonyl (C=O) groups excluding carboxylic acids is 1. The van der Waals surface area contributed by atoms with E-state index in [1.165, 1.54) is 12.1 Å². The van der Waals surface area contributed by atoms with E-state index in [9.17, 15) is 14.4 Å². The fraction of sp³-hybridized carbons (Fsp3) is 0.208. The maximum Gasteiger partial charge on any atom is 0.231 e. The van der Waals surface area contributed by atoms with Crippen molar-refractivity contribution < 1.29 is 9.18 Å². The third-order valence-corrected chi connectivity index (χ3v) is 4.63. The molecule has 1 unspecified atom stereocenters. The fourth-order valence-electron chi connectivity index (χ4n) is 2.95. The summed E-state index contributed by atoms with van der Waals surface area (Å²) >= 11 is 0. The van der Waals surface area contributed by atoms with Gasteiger partial charge in [0.15, 0.2) is 0 Å². The van der Waals surface area contributed by atoms with E-state index in [2.05, 4.69) is 16.4 Å². The number of rotatable bonds is 6. The van der Waals surface area contributed by atoms with Crippen LogP contribution in [-0.4, -0.2) is 10.9 Å². The zero-order chi connectivity index (χ0) is 20.9. The molecule has 1 amide bonds. The summed E-state index contributed by atoms with van der Waals surface area (Å²) in [6, 6.07) is 17.7. The molecule has 1 heterocycles. The number of aromatic nitrogens is 1. The number of pyridine rings is 1. The molecular formula is C24H22FN3O. The number of nitrogens with one attached hydrogen (secondary N) is 1. The van der Waals surface area contributed by atoms with Gasteiger partial charge in [0.25, 0.3) is 0 Å². The van der Waals surface area contributed by atoms with E-state index in [0.717, 1.165) is 10.9 Å². The second-order valence-electron chi connectivity index (χ2n) is 7.50. The fourth-order valence-corrected chi connectivity index (χ4v) is 2.95. The average Bonchev–Trinajstić information content (AvgIpc) is 2.72. The molecule has 0 bridgehead atoms. The first-order valence-electron chi connectivity index (χ1n) is 9.38. The van der Waals surface area contributed by atoms with Gasteiger partial charge in [0, 0.05) is 11.6 Å². The van der Waals surface area contributed by atoms with Gasteiger partial charge in [0.1, 0.15) is 5.82 Å². The number of nitrogens with zero attached hydrogens (tertiary/aromatic N) is 2. The van der Waals surface area contributed by atoms with Gasteiger partial charge in [-0.15, -0.1) is 0 Å². The minimum atomic E-state index is -0.692. The van der Waals surface area contributed by atoms with Gasteiger partial charge in [-0.1, -0.05) is 42.5 Å². The lowest BCUT2D eigenvalue weighted by Crippen LogP contribution is -2.24. The number of amides is 1. The monoisotopic (exact) mass is 387 g/mol. The van der Waals surface area contributed by atoms with Crippen LogP contribution in [0.4, 0.5) is 10.1 Å². The van der Waals surface area contributed by atoms with Gasteiger partial charge in [0.05, 0.1) is 28.6 Å². The Morgan fingerprint density at radius 3 is 2.66 bits per heavy atom. The van der Waals surface area contributed by atoms with E-state index >= 15 is 0 Å². The molecule has 0 aliphatic rings. The molecule has 29 heavy (non-hydrogen) atoms. The van der Waals surface area contributed by atoms with Crippen molar-refractivity contribution in [3.8, 4) is 6.07 Å². The van der Waals surface area contributed by atoms with E-state index in [-0.39, 0.29) is 11.7 Å². The Hall–Kier alpha value is -3.52. The Kier molecular flexibility index (Phi) is 6.04. The Bertz CT molecular complexity index is 1080. The van der Waals surface area contributed by atoms with Crippen LogP contribution in [0.15, 0.2) is 72.9 Å². The number of allylic oxidation sites excluding steroid dienone is 1. The van der Waals surface area contributed by atoms with Crippen molar-refractivity contribution in [2.45, 2.75) is 20.3 Å². The standard InChI is InChI=1S/C24H22FN3O/c1-24(2,16-26)13-12-19(15-17-8-10-20(25)11-9-17)23(29)28-21-7-3-5-18-6-4-14-27-22(18)21/h3-14,19H,15H2,1-2H3,(H,28,29). The molecule has 4 nitrogen and oxygen atoms in total. The van der Waals surface area contributed by atoms with Crippen LogP contribution >= 0.6 is 0 Å². The van der Waals surface area contributed by atoms with Crippen LogP contribution in [0, 0.1) is 28.5 Å². The van der Waals surface area contributed by atoms with Crippen LogP contribution in [-0.2, 0) is 11.2 Å². The number of nitriles is 1. The number of anilines is 1. The smallest absolute Gasteiger partial charge is 0.231 e. The molecule has 1 aromatic heterocycles. The topological polar surface area (TPSA) is 65.8 Å². The van der Waals surface area contributed by atoms with Crippen LogP contribution in [0.1, 0.15) is 19.4 Å². The van der Waals surface area contributed by atoms with Crippen molar-refractivity contribution in [1.82, 2.24) is 4.98 Å². The first-order chi connectivity index (χ1) is 13.9. The lowest BCUT2D eigenvalue weighted by Gasteiger charge is -2.16. The quantitative estimate of drug-likeness (QED) is 0.586. The summed E-state index contributed by atoms with van der Waals surface area (Å²) in [6.07, 6.45) is 5.56. The molecule has 2 aromatic carbocycles. The maximum absolute atomic E-state index is 13.2. The number of para-hydroxylation sites is 1. The molecule has 3 aromatic rings. The number of halogens is 1. The van der Waals surface area contributed by atoms with Gasteiger partial charge < -0.3 is 5.32 Å². The van der Waals surface area contributed by atoms with Crippen molar-refractivity contribution in [2.75, 3.05) is 5.32 Å². The summed E-state index contributed by atoms with van der Waals surface area (Å²) in [7, 11) is 0. The molecule has 1 atom stereocenters. The summed E-state index contributed by atoms with van der Waals surface area (Å²) < 4.78 is 13.2. The lowest BCUT2D eigenvalue weighted by molar-refractivity contribution is -0.118. The Morgan fingerprint density at radius 1 is 1.21 bits per heavy atom. The predicted octanol–water partition coefficient (Wildman–Crippen LogP) is 5.28. The molecule has 3 rings (SSSR count). The number of benzene rings is 2. The molecule has 146 valence electrons. The largest absolute Gasteiger partial charge is 0.324 e. The minimum absolute atomic E-state index is 0.211. The van der Waals surface area contributed by atoms with Gasteiger partial charge >= 0.3 is 0 Å². The average molecular weight is 387 g/mol. The highest BCUT2D eigenvalue weighted by Crippen LogP contribution is 2.23. The Morgan fingerprint density at radius 2 is 1.93 bits per heavy atom. The first kappa shape index (κ1) is 20.2. The molecule has 0 saturated heterocycles. The third kappa shape index (κ3) is 5.26. The van der Waals surface area contributed by atoms with Gasteiger partial charge in [-0.25, -0.2) is 4.39 Å².